The molecule has 0 radical (unpaired) electrons. The Morgan fingerprint density at radius 3 is 2.10 bits per heavy atom. The van der Waals surface area contributed by atoms with Gasteiger partial charge < -0.3 is 20.1 Å². The predicted molar refractivity (Wildman–Crippen MR) is 179 cm³/mol. The van der Waals surface area contributed by atoms with Crippen molar-refractivity contribution < 1.29 is 40.7 Å². The van der Waals surface area contributed by atoms with Crippen LogP contribution in [-0.4, -0.2) is 57.6 Å². The van der Waals surface area contributed by atoms with Crippen molar-refractivity contribution in [2.45, 2.75) is 77.4 Å². The van der Waals surface area contributed by atoms with Gasteiger partial charge in [0.25, 0.3) is 5.91 Å². The molecule has 0 heterocycles. The Bertz CT molecular complexity index is 1600. The maximum atomic E-state index is 14.1. The number of carbonyl (C=O) groups is 2. The number of anilines is 1. The van der Waals surface area contributed by atoms with Gasteiger partial charge in [0.2, 0.25) is 10.0 Å². The zero-order valence-corrected chi connectivity index (χ0v) is 28.7. The molecule has 13 heteroatoms. The molecule has 0 aliphatic rings. The van der Waals surface area contributed by atoms with Gasteiger partial charge >= 0.3 is 12.3 Å². The van der Waals surface area contributed by atoms with Crippen molar-refractivity contribution >= 4 is 27.7 Å². The highest BCUT2D eigenvalue weighted by Gasteiger charge is 2.42. The third kappa shape index (κ3) is 12.5. The van der Waals surface area contributed by atoms with Gasteiger partial charge in [0.05, 0.1) is 25.2 Å². The molecule has 3 rings (SSSR count). The standard InChI is InChI=1S/C35H44F3N3O6S/c1-6-19-41(48(5,44)45)29-21-26(20-28(22-29)32(42)39-31(35(36,37)38)27-15-11-8-12-16-27)23-46-24-30(47-33(43)40-34(2,3)4)18-17-25-13-9-7-10-14-25/h7-16,20-22,30-31H,6,17-19,23-24H2,1-5H3,(H,39,42)(H,40,43). The van der Waals surface area contributed by atoms with Crippen LogP contribution in [0.3, 0.4) is 0 Å². The van der Waals surface area contributed by atoms with Crippen LogP contribution in [-0.2, 0) is 32.5 Å². The SMILES string of the molecule is CCCN(c1cc(COCC(CCc2ccccc2)OC(=O)NC(C)(C)C)cc(C(=O)NC(c2ccccc2)C(F)(F)F)c1)S(C)(=O)=O. The molecule has 0 aliphatic carbocycles. The second kappa shape index (κ2) is 16.8. The average Bonchev–Trinajstić information content (AvgIpc) is 2.99. The second-order valence-corrected chi connectivity index (χ2v) is 14.4. The summed E-state index contributed by atoms with van der Waals surface area (Å²) in [5.74, 6) is -1.04. The highest BCUT2D eigenvalue weighted by molar-refractivity contribution is 7.92. The van der Waals surface area contributed by atoms with Crippen molar-refractivity contribution in [2.75, 3.05) is 23.7 Å². The average molecular weight is 692 g/mol. The molecule has 0 saturated heterocycles. The Morgan fingerprint density at radius 1 is 0.917 bits per heavy atom. The lowest BCUT2D eigenvalue weighted by Crippen LogP contribution is -2.43. The van der Waals surface area contributed by atoms with Crippen molar-refractivity contribution in [3.63, 3.8) is 0 Å². The monoisotopic (exact) mass is 691 g/mol. The van der Waals surface area contributed by atoms with Gasteiger partial charge in [0, 0.05) is 17.6 Å². The number of sulfonamides is 1. The fourth-order valence-electron chi connectivity index (χ4n) is 4.88. The number of benzene rings is 3. The van der Waals surface area contributed by atoms with Crippen molar-refractivity contribution in [1.82, 2.24) is 10.6 Å². The van der Waals surface area contributed by atoms with Crippen LogP contribution in [0.1, 0.15) is 73.6 Å². The van der Waals surface area contributed by atoms with Gasteiger partial charge in [0.15, 0.2) is 6.04 Å². The molecule has 2 unspecified atom stereocenters. The van der Waals surface area contributed by atoms with Gasteiger partial charge in [-0.25, -0.2) is 13.2 Å². The van der Waals surface area contributed by atoms with Crippen LogP contribution in [0.2, 0.25) is 0 Å². The van der Waals surface area contributed by atoms with Crippen LogP contribution in [0.4, 0.5) is 23.7 Å². The lowest BCUT2D eigenvalue weighted by Gasteiger charge is -2.25. The summed E-state index contributed by atoms with van der Waals surface area (Å²) in [5, 5.41) is 4.82. The largest absolute Gasteiger partial charge is 0.444 e. The topological polar surface area (TPSA) is 114 Å². The highest BCUT2D eigenvalue weighted by Crippen LogP contribution is 2.33. The number of hydrogen-bond donors (Lipinski definition) is 2. The molecule has 3 aromatic rings. The quantitative estimate of drug-likeness (QED) is 0.179. The summed E-state index contributed by atoms with van der Waals surface area (Å²) < 4.78 is 80.3. The number of alkyl carbamates (subject to hydrolysis) is 1. The summed E-state index contributed by atoms with van der Waals surface area (Å²) in [7, 11) is -3.81. The van der Waals surface area contributed by atoms with Crippen molar-refractivity contribution in [2.24, 2.45) is 0 Å². The molecule has 0 aromatic heterocycles. The summed E-state index contributed by atoms with van der Waals surface area (Å²) in [5.41, 5.74) is 0.618. The molecule has 2 amide bonds. The molecule has 262 valence electrons. The molecule has 0 spiro atoms. The van der Waals surface area contributed by atoms with E-state index in [-0.39, 0.29) is 36.6 Å². The first-order valence-electron chi connectivity index (χ1n) is 15.6. The van der Waals surface area contributed by atoms with E-state index in [0.29, 0.717) is 24.8 Å². The lowest BCUT2D eigenvalue weighted by atomic mass is 10.0. The minimum atomic E-state index is -4.80. The number of carbonyl (C=O) groups excluding carboxylic acids is 2. The minimum Gasteiger partial charge on any atom is -0.444 e. The van der Waals surface area contributed by atoms with E-state index in [9.17, 15) is 31.2 Å². The van der Waals surface area contributed by atoms with E-state index >= 15 is 0 Å². The van der Waals surface area contributed by atoms with E-state index in [1.807, 2.05) is 51.1 Å². The Morgan fingerprint density at radius 2 is 1.54 bits per heavy atom. The summed E-state index contributed by atoms with van der Waals surface area (Å²) in [6, 6.07) is 18.4. The third-order valence-corrected chi connectivity index (χ3v) is 8.21. The maximum Gasteiger partial charge on any atom is 0.412 e. The van der Waals surface area contributed by atoms with Crippen LogP contribution in [0, 0.1) is 0 Å². The summed E-state index contributed by atoms with van der Waals surface area (Å²) >= 11 is 0. The molecule has 2 N–H and O–H groups in total. The van der Waals surface area contributed by atoms with E-state index < -0.39 is 45.9 Å². The van der Waals surface area contributed by atoms with Crippen LogP contribution in [0.25, 0.3) is 0 Å². The number of nitrogens with one attached hydrogen (secondary N) is 2. The first-order valence-corrected chi connectivity index (χ1v) is 17.5. The zero-order valence-electron chi connectivity index (χ0n) is 27.8. The molecule has 9 nitrogen and oxygen atoms in total. The van der Waals surface area contributed by atoms with Gasteiger partial charge in [-0.05, 0) is 74.9 Å². The second-order valence-electron chi connectivity index (χ2n) is 12.5. The molecule has 0 bridgehead atoms. The van der Waals surface area contributed by atoms with Crippen LogP contribution in [0.5, 0.6) is 0 Å². The van der Waals surface area contributed by atoms with E-state index in [2.05, 4.69) is 10.6 Å². The predicted octanol–water partition coefficient (Wildman–Crippen LogP) is 6.94. The molecule has 48 heavy (non-hydrogen) atoms. The molecular weight excluding hydrogens is 647 g/mol. The van der Waals surface area contributed by atoms with E-state index in [1.165, 1.54) is 42.5 Å². The van der Waals surface area contributed by atoms with E-state index in [4.69, 9.17) is 9.47 Å². The van der Waals surface area contributed by atoms with Crippen LogP contribution >= 0.6 is 0 Å². The number of nitrogens with zero attached hydrogens (tertiary/aromatic N) is 1. The fraction of sp³-hybridized carbons (Fsp3) is 0.429. The number of alkyl halides is 3. The number of hydrogen-bond acceptors (Lipinski definition) is 6. The maximum absolute atomic E-state index is 14.1. The summed E-state index contributed by atoms with van der Waals surface area (Å²) in [4.78, 5) is 26.0. The number of amides is 2. The fourth-order valence-corrected chi connectivity index (χ4v) is 5.88. The Labute approximate surface area is 280 Å². The van der Waals surface area contributed by atoms with Gasteiger partial charge in [-0.15, -0.1) is 0 Å². The zero-order chi connectivity index (χ0) is 35.5. The van der Waals surface area contributed by atoms with Crippen LogP contribution in [0.15, 0.2) is 78.9 Å². The number of aryl methyl sites for hydroxylation is 1. The normalized spacial score (nSPS) is 13.3. The highest BCUT2D eigenvalue weighted by atomic mass is 32.2. The smallest absolute Gasteiger partial charge is 0.412 e. The molecular formula is C35H44F3N3O6S. The molecule has 0 fully saturated rings. The van der Waals surface area contributed by atoms with Gasteiger partial charge in [-0.1, -0.05) is 67.6 Å². The van der Waals surface area contributed by atoms with Gasteiger partial charge in [-0.2, -0.15) is 13.2 Å². The lowest BCUT2D eigenvalue weighted by molar-refractivity contribution is -0.155. The Balaban J connectivity index is 1.88. The minimum absolute atomic E-state index is 0.0366. The number of halogens is 3. The Hall–Kier alpha value is -4.10. The molecule has 0 aliphatic heterocycles. The number of rotatable bonds is 15. The summed E-state index contributed by atoms with van der Waals surface area (Å²) in [6.07, 6.45) is -3.59. The van der Waals surface area contributed by atoms with Crippen LogP contribution < -0.4 is 14.9 Å². The molecule has 0 saturated carbocycles. The molecule has 3 aromatic carbocycles. The number of ether oxygens (including phenoxy) is 2. The van der Waals surface area contributed by atoms with Crippen molar-refractivity contribution in [1.29, 1.82) is 0 Å². The molecule has 2 atom stereocenters. The van der Waals surface area contributed by atoms with Gasteiger partial charge in [0.1, 0.15) is 6.10 Å². The summed E-state index contributed by atoms with van der Waals surface area (Å²) in [6.45, 7) is 7.13. The van der Waals surface area contributed by atoms with E-state index in [1.54, 1.807) is 13.0 Å². The van der Waals surface area contributed by atoms with Crippen molar-refractivity contribution in [3.05, 3.63) is 101 Å². The third-order valence-electron chi connectivity index (χ3n) is 7.01. The van der Waals surface area contributed by atoms with Crippen molar-refractivity contribution in [3.8, 4) is 0 Å². The van der Waals surface area contributed by atoms with E-state index in [0.717, 1.165) is 16.1 Å². The Kier molecular flexibility index (Phi) is 13.4. The van der Waals surface area contributed by atoms with Gasteiger partial charge in [-0.3, -0.25) is 9.10 Å². The first kappa shape index (κ1) is 38.3. The first-order chi connectivity index (χ1) is 22.5.